The van der Waals surface area contributed by atoms with Crippen LogP contribution in [0.2, 0.25) is 0 Å². The van der Waals surface area contributed by atoms with E-state index in [0.29, 0.717) is 12.0 Å². The van der Waals surface area contributed by atoms with Crippen LogP contribution in [-0.2, 0) is 0 Å². The van der Waals surface area contributed by atoms with Crippen molar-refractivity contribution in [3.05, 3.63) is 0 Å². The molecule has 0 aromatic rings. The first-order chi connectivity index (χ1) is 5.53. The second kappa shape index (κ2) is 2.44. The summed E-state index contributed by atoms with van der Waals surface area (Å²) in [4.78, 5) is 0. The second-order valence-electron chi connectivity index (χ2n) is 4.84. The molecule has 1 nitrogen and oxygen atoms in total. The summed E-state index contributed by atoms with van der Waals surface area (Å²) in [6, 6.07) is 0.479. The third-order valence-corrected chi connectivity index (χ3v) is 3.92. The van der Waals surface area contributed by atoms with Gasteiger partial charge >= 0.3 is 0 Å². The van der Waals surface area contributed by atoms with Gasteiger partial charge in [0.1, 0.15) is 5.67 Å². The molecule has 2 heterocycles. The van der Waals surface area contributed by atoms with E-state index in [4.69, 9.17) is 0 Å². The lowest BCUT2D eigenvalue weighted by Crippen LogP contribution is -2.51. The summed E-state index contributed by atoms with van der Waals surface area (Å²) in [7, 11) is 0. The van der Waals surface area contributed by atoms with Gasteiger partial charge in [0.2, 0.25) is 0 Å². The highest BCUT2D eigenvalue weighted by Crippen LogP contribution is 2.50. The second-order valence-corrected chi connectivity index (χ2v) is 4.84. The standard InChI is InChI=1S/C10H18FN/c1-6(2)10(3,11)9-7-4-8(9)12-5-7/h6-9,12H,4-5H2,1-3H3. The maximum absolute atomic E-state index is 14.2. The molecule has 2 saturated heterocycles. The zero-order valence-corrected chi connectivity index (χ0v) is 8.10. The number of nitrogens with one attached hydrogen (secondary N) is 1. The van der Waals surface area contributed by atoms with Crippen LogP contribution in [-0.4, -0.2) is 18.3 Å². The normalized spacial score (nSPS) is 44.2. The molecular weight excluding hydrogens is 153 g/mol. The van der Waals surface area contributed by atoms with Gasteiger partial charge in [-0.3, -0.25) is 0 Å². The molecule has 3 aliphatic rings. The summed E-state index contributed by atoms with van der Waals surface area (Å²) >= 11 is 0. The smallest absolute Gasteiger partial charge is 0.115 e. The van der Waals surface area contributed by atoms with E-state index in [1.54, 1.807) is 6.92 Å². The molecule has 0 spiro atoms. The fourth-order valence-corrected chi connectivity index (χ4v) is 2.71. The number of hydrogen-bond donors (Lipinski definition) is 1. The summed E-state index contributed by atoms with van der Waals surface area (Å²) in [5, 5.41) is 3.36. The zero-order chi connectivity index (χ0) is 8.93. The van der Waals surface area contributed by atoms with Crippen LogP contribution in [0.25, 0.3) is 0 Å². The average Bonchev–Trinajstić information content (AvgIpc) is 2.41. The molecule has 3 rings (SSSR count). The number of halogens is 1. The quantitative estimate of drug-likeness (QED) is 0.670. The Hall–Kier alpha value is -0.110. The van der Waals surface area contributed by atoms with Gasteiger partial charge in [-0.2, -0.15) is 0 Å². The van der Waals surface area contributed by atoms with Crippen LogP contribution in [0.15, 0.2) is 0 Å². The van der Waals surface area contributed by atoms with Crippen LogP contribution in [0.1, 0.15) is 27.2 Å². The van der Waals surface area contributed by atoms with E-state index < -0.39 is 5.67 Å². The fraction of sp³-hybridized carbons (Fsp3) is 1.00. The Kier molecular flexibility index (Phi) is 1.73. The lowest BCUT2D eigenvalue weighted by Gasteiger charge is -2.45. The van der Waals surface area contributed by atoms with Crippen molar-refractivity contribution in [1.82, 2.24) is 5.32 Å². The fourth-order valence-electron chi connectivity index (χ4n) is 2.71. The number of alkyl halides is 1. The van der Waals surface area contributed by atoms with Crippen molar-refractivity contribution in [3.63, 3.8) is 0 Å². The summed E-state index contributed by atoms with van der Waals surface area (Å²) in [5.74, 6) is 1.05. The molecule has 3 fully saturated rings. The summed E-state index contributed by atoms with van der Waals surface area (Å²) < 4.78 is 14.2. The largest absolute Gasteiger partial charge is 0.313 e. The van der Waals surface area contributed by atoms with Crippen molar-refractivity contribution >= 4 is 0 Å². The van der Waals surface area contributed by atoms with Gasteiger partial charge in [-0.05, 0) is 31.7 Å². The minimum absolute atomic E-state index is 0.146. The molecule has 0 amide bonds. The molecule has 1 saturated carbocycles. The van der Waals surface area contributed by atoms with Gasteiger partial charge < -0.3 is 5.32 Å². The Morgan fingerprint density at radius 2 is 2.17 bits per heavy atom. The van der Waals surface area contributed by atoms with Gasteiger partial charge in [0.15, 0.2) is 0 Å². The van der Waals surface area contributed by atoms with Crippen molar-refractivity contribution in [1.29, 1.82) is 0 Å². The average molecular weight is 171 g/mol. The van der Waals surface area contributed by atoms with Crippen molar-refractivity contribution in [3.8, 4) is 0 Å². The first-order valence-electron chi connectivity index (χ1n) is 4.95. The molecule has 2 aliphatic heterocycles. The minimum atomic E-state index is -0.961. The maximum atomic E-state index is 14.2. The predicted molar refractivity (Wildman–Crippen MR) is 47.7 cm³/mol. The van der Waals surface area contributed by atoms with Crippen molar-refractivity contribution in [2.75, 3.05) is 6.54 Å². The molecule has 0 radical (unpaired) electrons. The SMILES string of the molecule is CC(C)C(C)(F)C1C2CNC1C2. The number of hydrogen-bond acceptors (Lipinski definition) is 1. The minimum Gasteiger partial charge on any atom is -0.313 e. The van der Waals surface area contributed by atoms with E-state index in [0.717, 1.165) is 6.54 Å². The molecule has 0 aromatic carbocycles. The lowest BCUT2D eigenvalue weighted by molar-refractivity contribution is -0.0229. The molecule has 4 unspecified atom stereocenters. The summed E-state index contributed by atoms with van der Waals surface area (Å²) in [5.41, 5.74) is -0.961. The Morgan fingerprint density at radius 3 is 2.50 bits per heavy atom. The maximum Gasteiger partial charge on any atom is 0.115 e. The van der Waals surface area contributed by atoms with E-state index in [2.05, 4.69) is 5.32 Å². The van der Waals surface area contributed by atoms with Gasteiger partial charge in [-0.25, -0.2) is 4.39 Å². The van der Waals surface area contributed by atoms with Crippen LogP contribution >= 0.6 is 0 Å². The third-order valence-electron chi connectivity index (χ3n) is 3.92. The van der Waals surface area contributed by atoms with E-state index in [-0.39, 0.29) is 11.8 Å². The molecule has 0 aromatic heterocycles. The molecular formula is C10H18FN. The molecule has 12 heavy (non-hydrogen) atoms. The van der Waals surface area contributed by atoms with E-state index >= 15 is 0 Å². The highest BCUT2D eigenvalue weighted by Gasteiger charge is 2.56. The topological polar surface area (TPSA) is 12.0 Å². The molecule has 2 bridgehead atoms. The van der Waals surface area contributed by atoms with Gasteiger partial charge in [0, 0.05) is 12.0 Å². The number of rotatable bonds is 2. The first-order valence-corrected chi connectivity index (χ1v) is 4.95. The van der Waals surface area contributed by atoms with Crippen molar-refractivity contribution in [2.24, 2.45) is 17.8 Å². The van der Waals surface area contributed by atoms with Crippen LogP contribution in [0.4, 0.5) is 4.39 Å². The van der Waals surface area contributed by atoms with Crippen LogP contribution in [0, 0.1) is 17.8 Å². The highest BCUT2D eigenvalue weighted by molar-refractivity contribution is 5.09. The monoisotopic (exact) mass is 171 g/mol. The van der Waals surface area contributed by atoms with Gasteiger partial charge in [0.25, 0.3) is 0 Å². The Morgan fingerprint density at radius 1 is 1.50 bits per heavy atom. The van der Waals surface area contributed by atoms with E-state index in [1.807, 2.05) is 13.8 Å². The van der Waals surface area contributed by atoms with Crippen LogP contribution < -0.4 is 5.32 Å². The predicted octanol–water partition coefficient (Wildman–Crippen LogP) is 1.98. The van der Waals surface area contributed by atoms with Crippen molar-refractivity contribution < 1.29 is 4.39 Å². The first kappa shape index (κ1) is 8.49. The van der Waals surface area contributed by atoms with Crippen LogP contribution in [0.5, 0.6) is 0 Å². The molecule has 4 atom stereocenters. The molecule has 2 heteroatoms. The van der Waals surface area contributed by atoms with E-state index in [9.17, 15) is 4.39 Å². The van der Waals surface area contributed by atoms with Gasteiger partial charge in [-0.1, -0.05) is 13.8 Å². The molecule has 70 valence electrons. The van der Waals surface area contributed by atoms with Crippen molar-refractivity contribution in [2.45, 2.75) is 38.9 Å². The van der Waals surface area contributed by atoms with E-state index in [1.165, 1.54) is 6.42 Å². The Balaban J connectivity index is 2.10. The van der Waals surface area contributed by atoms with Gasteiger partial charge in [0.05, 0.1) is 0 Å². The summed E-state index contributed by atoms with van der Waals surface area (Å²) in [6.07, 6.45) is 1.21. The Labute approximate surface area is 73.7 Å². The third kappa shape index (κ3) is 0.936. The lowest BCUT2D eigenvalue weighted by atomic mass is 9.63. The zero-order valence-electron chi connectivity index (χ0n) is 8.10. The molecule has 1 N–H and O–H groups in total. The van der Waals surface area contributed by atoms with Gasteiger partial charge in [-0.15, -0.1) is 0 Å². The highest BCUT2D eigenvalue weighted by atomic mass is 19.1. The Bertz CT molecular complexity index is 174. The molecule has 1 aliphatic carbocycles. The summed E-state index contributed by atoms with van der Waals surface area (Å²) in [6.45, 7) is 6.78. The number of fused-ring (bicyclic) bond motifs is 1. The van der Waals surface area contributed by atoms with Crippen LogP contribution in [0.3, 0.4) is 0 Å².